The van der Waals surface area contributed by atoms with Crippen molar-refractivity contribution in [3.8, 4) is 0 Å². The fraction of sp³-hybridized carbons (Fsp3) is 0.538. The van der Waals surface area contributed by atoms with Crippen molar-refractivity contribution in [2.75, 3.05) is 7.11 Å². The van der Waals surface area contributed by atoms with Crippen molar-refractivity contribution in [2.24, 2.45) is 0 Å². The molecule has 1 rings (SSSR count). The van der Waals surface area contributed by atoms with E-state index >= 15 is 0 Å². The molecule has 90 valence electrons. The second kappa shape index (κ2) is 7.05. The smallest absolute Gasteiger partial charge is 0.0581 e. The fourth-order valence-corrected chi connectivity index (χ4v) is 2.01. The van der Waals surface area contributed by atoms with Crippen molar-refractivity contribution in [1.82, 2.24) is 0 Å². The van der Waals surface area contributed by atoms with Crippen LogP contribution in [-0.2, 0) is 11.2 Å². The average Bonchev–Trinajstić information content (AvgIpc) is 2.29. The molecule has 0 aromatic heterocycles. The molecule has 0 saturated heterocycles. The first kappa shape index (κ1) is 13.7. The summed E-state index contributed by atoms with van der Waals surface area (Å²) in [6.07, 6.45) is 2.28. The summed E-state index contributed by atoms with van der Waals surface area (Å²) in [6, 6.07) is 8.00. The van der Waals surface area contributed by atoms with Gasteiger partial charge >= 0.3 is 0 Å². The van der Waals surface area contributed by atoms with Crippen LogP contribution in [0.2, 0.25) is 0 Å². The molecule has 2 nitrogen and oxygen atoms in total. The lowest BCUT2D eigenvalue weighted by molar-refractivity contribution is 0.0851. The Kier molecular flexibility index (Phi) is 6.03. The van der Waals surface area contributed by atoms with E-state index in [0.717, 1.165) is 22.9 Å². The summed E-state index contributed by atoms with van der Waals surface area (Å²) in [5.74, 6) is 0. The molecule has 0 aliphatic heterocycles. The van der Waals surface area contributed by atoms with Gasteiger partial charge in [0.25, 0.3) is 0 Å². The van der Waals surface area contributed by atoms with Gasteiger partial charge in [0.05, 0.1) is 12.2 Å². The Morgan fingerprint density at radius 1 is 1.31 bits per heavy atom. The molecule has 1 aromatic carbocycles. The standard InChI is InChI=1S/C13H19BrO2/c1-10(16-2)7-8-12(15)9-11-5-3-4-6-13(11)14/h3-6,10,12,15H,7-9H2,1-2H3. The Labute approximate surface area is 106 Å². The minimum Gasteiger partial charge on any atom is -0.393 e. The van der Waals surface area contributed by atoms with E-state index in [1.54, 1.807) is 7.11 Å². The topological polar surface area (TPSA) is 29.5 Å². The first-order chi connectivity index (χ1) is 7.63. The average molecular weight is 287 g/mol. The molecule has 2 atom stereocenters. The molecule has 1 aromatic rings. The van der Waals surface area contributed by atoms with Gasteiger partial charge in [-0.05, 0) is 37.8 Å². The molecule has 16 heavy (non-hydrogen) atoms. The summed E-state index contributed by atoms with van der Waals surface area (Å²) >= 11 is 3.48. The van der Waals surface area contributed by atoms with Crippen LogP contribution in [0.4, 0.5) is 0 Å². The van der Waals surface area contributed by atoms with Crippen LogP contribution >= 0.6 is 15.9 Å². The van der Waals surface area contributed by atoms with Gasteiger partial charge in [0.2, 0.25) is 0 Å². The quantitative estimate of drug-likeness (QED) is 0.871. The van der Waals surface area contributed by atoms with Crippen LogP contribution in [0.3, 0.4) is 0 Å². The van der Waals surface area contributed by atoms with Crippen molar-refractivity contribution in [2.45, 2.75) is 38.4 Å². The van der Waals surface area contributed by atoms with Gasteiger partial charge in [0.15, 0.2) is 0 Å². The zero-order valence-electron chi connectivity index (χ0n) is 9.82. The van der Waals surface area contributed by atoms with Gasteiger partial charge in [-0.2, -0.15) is 0 Å². The van der Waals surface area contributed by atoms with Gasteiger partial charge in [0, 0.05) is 11.6 Å². The lowest BCUT2D eigenvalue weighted by atomic mass is 10.0. The molecule has 0 aliphatic rings. The largest absolute Gasteiger partial charge is 0.393 e. The van der Waals surface area contributed by atoms with E-state index in [2.05, 4.69) is 15.9 Å². The molecule has 0 bridgehead atoms. The zero-order chi connectivity index (χ0) is 12.0. The maximum atomic E-state index is 9.90. The lowest BCUT2D eigenvalue weighted by Gasteiger charge is -2.14. The number of rotatable bonds is 6. The Morgan fingerprint density at radius 2 is 2.00 bits per heavy atom. The van der Waals surface area contributed by atoms with E-state index in [1.807, 2.05) is 31.2 Å². The van der Waals surface area contributed by atoms with Crippen LogP contribution < -0.4 is 0 Å². The van der Waals surface area contributed by atoms with Crippen LogP contribution in [0.1, 0.15) is 25.3 Å². The second-order valence-corrected chi connectivity index (χ2v) is 4.93. The Morgan fingerprint density at radius 3 is 2.62 bits per heavy atom. The van der Waals surface area contributed by atoms with E-state index in [1.165, 1.54) is 0 Å². The SMILES string of the molecule is COC(C)CCC(O)Cc1ccccc1Br. The third-order valence-electron chi connectivity index (χ3n) is 2.72. The number of hydrogen-bond acceptors (Lipinski definition) is 2. The summed E-state index contributed by atoms with van der Waals surface area (Å²) in [5.41, 5.74) is 1.15. The van der Waals surface area contributed by atoms with Crippen molar-refractivity contribution in [1.29, 1.82) is 0 Å². The monoisotopic (exact) mass is 286 g/mol. The number of aliphatic hydroxyl groups excluding tert-OH is 1. The van der Waals surface area contributed by atoms with E-state index < -0.39 is 0 Å². The molecule has 0 amide bonds. The lowest BCUT2D eigenvalue weighted by Crippen LogP contribution is -2.15. The van der Waals surface area contributed by atoms with Gasteiger partial charge in [-0.1, -0.05) is 34.1 Å². The molecule has 0 aliphatic carbocycles. The summed E-state index contributed by atoms with van der Waals surface area (Å²) in [6.45, 7) is 2.02. The van der Waals surface area contributed by atoms with E-state index in [4.69, 9.17) is 4.74 Å². The summed E-state index contributed by atoms with van der Waals surface area (Å²) in [4.78, 5) is 0. The van der Waals surface area contributed by atoms with Gasteiger partial charge in [0.1, 0.15) is 0 Å². The van der Waals surface area contributed by atoms with Crippen molar-refractivity contribution in [3.05, 3.63) is 34.3 Å². The number of aliphatic hydroxyl groups is 1. The molecule has 1 N–H and O–H groups in total. The predicted molar refractivity (Wildman–Crippen MR) is 69.6 cm³/mol. The van der Waals surface area contributed by atoms with Crippen molar-refractivity contribution < 1.29 is 9.84 Å². The van der Waals surface area contributed by atoms with Crippen molar-refractivity contribution in [3.63, 3.8) is 0 Å². The minimum atomic E-state index is -0.295. The van der Waals surface area contributed by atoms with Crippen molar-refractivity contribution >= 4 is 15.9 Å². The highest BCUT2D eigenvalue weighted by Crippen LogP contribution is 2.19. The van der Waals surface area contributed by atoms with Crippen LogP contribution in [0.25, 0.3) is 0 Å². The van der Waals surface area contributed by atoms with Crippen LogP contribution in [0.5, 0.6) is 0 Å². The van der Waals surface area contributed by atoms with Crippen LogP contribution in [0.15, 0.2) is 28.7 Å². The van der Waals surface area contributed by atoms with Gasteiger partial charge in [-0.25, -0.2) is 0 Å². The first-order valence-electron chi connectivity index (χ1n) is 5.57. The molecular weight excluding hydrogens is 268 g/mol. The summed E-state index contributed by atoms with van der Waals surface area (Å²) in [5, 5.41) is 9.90. The van der Waals surface area contributed by atoms with E-state index in [0.29, 0.717) is 6.42 Å². The van der Waals surface area contributed by atoms with E-state index in [9.17, 15) is 5.11 Å². The number of hydrogen-bond donors (Lipinski definition) is 1. The van der Waals surface area contributed by atoms with Gasteiger partial charge in [-0.3, -0.25) is 0 Å². The van der Waals surface area contributed by atoms with Crippen LogP contribution in [0, 0.1) is 0 Å². The van der Waals surface area contributed by atoms with Gasteiger partial charge in [-0.15, -0.1) is 0 Å². The second-order valence-electron chi connectivity index (χ2n) is 4.07. The molecule has 0 saturated carbocycles. The van der Waals surface area contributed by atoms with E-state index in [-0.39, 0.29) is 12.2 Å². The Balaban J connectivity index is 2.40. The highest BCUT2D eigenvalue weighted by Gasteiger charge is 2.09. The highest BCUT2D eigenvalue weighted by molar-refractivity contribution is 9.10. The highest BCUT2D eigenvalue weighted by atomic mass is 79.9. The van der Waals surface area contributed by atoms with Crippen LogP contribution in [-0.4, -0.2) is 24.4 Å². The normalized spacial score (nSPS) is 14.8. The Bertz CT molecular complexity index is 315. The third kappa shape index (κ3) is 4.64. The molecule has 0 heterocycles. The fourth-order valence-electron chi connectivity index (χ4n) is 1.56. The summed E-state index contributed by atoms with van der Waals surface area (Å²) in [7, 11) is 1.70. The molecule has 0 spiro atoms. The number of benzene rings is 1. The molecule has 0 radical (unpaired) electrons. The number of methoxy groups -OCH3 is 1. The minimum absolute atomic E-state index is 0.217. The molecule has 2 unspecified atom stereocenters. The maximum Gasteiger partial charge on any atom is 0.0581 e. The Hall–Kier alpha value is -0.380. The zero-order valence-corrected chi connectivity index (χ0v) is 11.4. The number of ether oxygens (including phenoxy) is 1. The molecule has 0 fully saturated rings. The maximum absolute atomic E-state index is 9.90. The predicted octanol–water partition coefficient (Wildman–Crippen LogP) is 3.17. The molecule has 3 heteroatoms. The molecular formula is C13H19BrO2. The summed E-state index contributed by atoms with van der Waals surface area (Å²) < 4.78 is 6.22. The van der Waals surface area contributed by atoms with Gasteiger partial charge < -0.3 is 9.84 Å². The first-order valence-corrected chi connectivity index (χ1v) is 6.37. The number of halogens is 1. The third-order valence-corrected chi connectivity index (χ3v) is 3.50.